The predicted molar refractivity (Wildman–Crippen MR) is 135 cm³/mol. The number of likely N-dealkylation sites (tertiary alicyclic amines) is 1. The number of carboxylic acids is 1. The molecule has 2 aromatic carbocycles. The summed E-state index contributed by atoms with van der Waals surface area (Å²) < 4.78 is 12.6. The van der Waals surface area contributed by atoms with Crippen LogP contribution < -0.4 is 0 Å². The summed E-state index contributed by atoms with van der Waals surface area (Å²) in [6.07, 6.45) is 2.65. The van der Waals surface area contributed by atoms with E-state index < -0.39 is 18.2 Å². The van der Waals surface area contributed by atoms with Gasteiger partial charge in [0.2, 0.25) is 0 Å². The normalized spacial score (nSPS) is 24.0. The molecular weight excluding hydrogens is 524 g/mol. The minimum atomic E-state index is -1.02. The molecule has 2 aliphatic carbocycles. The number of carboxylic acid groups (broad SMARTS) is 1. The SMILES string of the molecule is O=C(O)COC1(c2ccc(Br)nc2)CC2CC1CN2C(=O)OCC1c2ccccc2-c2ccccc21. The molecular formula is C28H25BrN2O5. The van der Waals surface area contributed by atoms with Gasteiger partial charge >= 0.3 is 12.1 Å². The first kappa shape index (κ1) is 23.2. The van der Waals surface area contributed by atoms with Crippen LogP contribution in [0.2, 0.25) is 0 Å². The van der Waals surface area contributed by atoms with Crippen molar-refractivity contribution in [3.63, 3.8) is 0 Å². The highest BCUT2D eigenvalue weighted by atomic mass is 79.9. The second kappa shape index (κ2) is 9.01. The molecule has 1 saturated carbocycles. The molecule has 2 heterocycles. The molecule has 1 N–H and O–H groups in total. The topological polar surface area (TPSA) is 89.0 Å². The van der Waals surface area contributed by atoms with Crippen molar-refractivity contribution < 1.29 is 24.2 Å². The van der Waals surface area contributed by atoms with Gasteiger partial charge in [0.1, 0.15) is 23.4 Å². The minimum absolute atomic E-state index is 0.00738. The molecule has 6 rings (SSSR count). The maximum atomic E-state index is 13.2. The summed E-state index contributed by atoms with van der Waals surface area (Å²) in [5, 5.41) is 9.27. The van der Waals surface area contributed by atoms with E-state index in [4.69, 9.17) is 9.47 Å². The lowest BCUT2D eigenvalue weighted by Gasteiger charge is -2.41. The Morgan fingerprint density at radius 1 is 1.06 bits per heavy atom. The van der Waals surface area contributed by atoms with Gasteiger partial charge in [-0.1, -0.05) is 54.6 Å². The van der Waals surface area contributed by atoms with Crippen LogP contribution in [-0.2, 0) is 19.9 Å². The molecule has 1 amide bonds. The van der Waals surface area contributed by atoms with Gasteiger partial charge in [-0.15, -0.1) is 0 Å². The Balaban J connectivity index is 1.18. The van der Waals surface area contributed by atoms with Gasteiger partial charge < -0.3 is 19.5 Å². The van der Waals surface area contributed by atoms with Crippen LogP contribution in [0, 0.1) is 5.92 Å². The summed E-state index contributed by atoms with van der Waals surface area (Å²) in [6.45, 7) is 0.333. The summed E-state index contributed by atoms with van der Waals surface area (Å²) in [5.41, 5.74) is 4.80. The van der Waals surface area contributed by atoms with Crippen LogP contribution in [0.5, 0.6) is 0 Å². The van der Waals surface area contributed by atoms with Crippen LogP contribution in [-0.4, -0.2) is 52.9 Å². The van der Waals surface area contributed by atoms with Gasteiger partial charge in [0.15, 0.2) is 0 Å². The van der Waals surface area contributed by atoms with E-state index in [0.29, 0.717) is 17.6 Å². The van der Waals surface area contributed by atoms with E-state index in [1.54, 1.807) is 11.1 Å². The van der Waals surface area contributed by atoms with E-state index in [9.17, 15) is 14.7 Å². The van der Waals surface area contributed by atoms with Gasteiger partial charge in [0, 0.05) is 42.6 Å². The van der Waals surface area contributed by atoms with Crippen molar-refractivity contribution in [3.05, 3.63) is 88.2 Å². The van der Waals surface area contributed by atoms with Crippen molar-refractivity contribution in [3.8, 4) is 11.1 Å². The van der Waals surface area contributed by atoms with E-state index in [-0.39, 0.29) is 30.6 Å². The molecule has 36 heavy (non-hydrogen) atoms. The van der Waals surface area contributed by atoms with Crippen molar-refractivity contribution in [1.29, 1.82) is 0 Å². The lowest BCUT2D eigenvalue weighted by atomic mass is 9.83. The third-order valence-electron chi connectivity index (χ3n) is 7.85. The third kappa shape index (κ3) is 3.79. The Kier molecular flexibility index (Phi) is 5.80. The zero-order valence-corrected chi connectivity index (χ0v) is 21.1. The molecule has 2 bridgehead atoms. The lowest BCUT2D eigenvalue weighted by Crippen LogP contribution is -2.48. The number of rotatable bonds is 6. The number of aliphatic carboxylic acids is 1. The quantitative estimate of drug-likeness (QED) is 0.426. The fourth-order valence-corrected chi connectivity index (χ4v) is 6.53. The molecule has 3 unspecified atom stereocenters. The number of fused-ring (bicyclic) bond motifs is 5. The molecule has 3 aromatic rings. The molecule has 184 valence electrons. The maximum Gasteiger partial charge on any atom is 0.410 e. The van der Waals surface area contributed by atoms with Crippen molar-refractivity contribution in [2.45, 2.75) is 30.4 Å². The highest BCUT2D eigenvalue weighted by Crippen LogP contribution is 2.53. The number of carbonyl (C=O) groups is 2. The highest BCUT2D eigenvalue weighted by molar-refractivity contribution is 9.10. The molecule has 0 spiro atoms. The van der Waals surface area contributed by atoms with Crippen LogP contribution in [0.4, 0.5) is 4.79 Å². The minimum Gasteiger partial charge on any atom is -0.480 e. The summed E-state index contributed by atoms with van der Waals surface area (Å²) in [7, 11) is 0. The van der Waals surface area contributed by atoms with Gasteiger partial charge in [-0.2, -0.15) is 0 Å². The van der Waals surface area contributed by atoms with Crippen LogP contribution >= 0.6 is 15.9 Å². The number of nitrogens with zero attached hydrogens (tertiary/aromatic N) is 2. The highest BCUT2D eigenvalue weighted by Gasteiger charge is 2.58. The smallest absolute Gasteiger partial charge is 0.410 e. The second-order valence-corrected chi connectivity index (χ2v) is 10.5. The number of pyridine rings is 1. The van der Waals surface area contributed by atoms with Crippen molar-refractivity contribution in [2.24, 2.45) is 5.92 Å². The first-order valence-electron chi connectivity index (χ1n) is 12.1. The molecule has 3 atom stereocenters. The first-order valence-corrected chi connectivity index (χ1v) is 12.8. The van der Waals surface area contributed by atoms with E-state index >= 15 is 0 Å². The van der Waals surface area contributed by atoms with Crippen molar-refractivity contribution in [1.82, 2.24) is 9.88 Å². The average molecular weight is 549 g/mol. The fourth-order valence-electron chi connectivity index (χ4n) is 6.30. The number of benzene rings is 2. The molecule has 1 aliphatic heterocycles. The molecule has 1 aromatic heterocycles. The number of aromatic nitrogens is 1. The Morgan fingerprint density at radius 2 is 1.75 bits per heavy atom. The molecule has 2 fully saturated rings. The molecule has 1 saturated heterocycles. The van der Waals surface area contributed by atoms with Gasteiger partial charge in [0.05, 0.1) is 0 Å². The van der Waals surface area contributed by atoms with Crippen LogP contribution in [0.25, 0.3) is 11.1 Å². The monoisotopic (exact) mass is 548 g/mol. The third-order valence-corrected chi connectivity index (χ3v) is 8.32. The Labute approximate surface area is 217 Å². The largest absolute Gasteiger partial charge is 0.480 e. The van der Waals surface area contributed by atoms with Crippen LogP contribution in [0.15, 0.2) is 71.5 Å². The number of hydrogen-bond acceptors (Lipinski definition) is 5. The van der Waals surface area contributed by atoms with E-state index in [1.807, 2.05) is 36.4 Å². The number of piperidine rings is 1. The predicted octanol–water partition coefficient (Wildman–Crippen LogP) is 5.18. The molecule has 0 radical (unpaired) electrons. The first-order chi connectivity index (χ1) is 17.5. The average Bonchev–Trinajstić information content (AvgIpc) is 3.57. The van der Waals surface area contributed by atoms with Crippen LogP contribution in [0.1, 0.15) is 35.4 Å². The van der Waals surface area contributed by atoms with Gasteiger partial charge in [-0.25, -0.2) is 14.6 Å². The Hall–Kier alpha value is -3.23. The number of ether oxygens (including phenoxy) is 2. The lowest BCUT2D eigenvalue weighted by molar-refractivity contribution is -0.156. The fraction of sp³-hybridized carbons (Fsp3) is 0.321. The van der Waals surface area contributed by atoms with Crippen molar-refractivity contribution in [2.75, 3.05) is 19.8 Å². The number of halogens is 1. The van der Waals surface area contributed by atoms with Gasteiger partial charge in [-0.05, 0) is 50.7 Å². The second-order valence-electron chi connectivity index (χ2n) is 9.69. The molecule has 7 nitrogen and oxygen atoms in total. The molecule has 8 heteroatoms. The van der Waals surface area contributed by atoms with Gasteiger partial charge in [0.25, 0.3) is 0 Å². The van der Waals surface area contributed by atoms with E-state index in [2.05, 4.69) is 45.2 Å². The number of amides is 1. The summed E-state index contributed by atoms with van der Waals surface area (Å²) in [6, 6.07) is 20.2. The summed E-state index contributed by atoms with van der Waals surface area (Å²) in [4.78, 5) is 30.7. The zero-order chi connectivity index (χ0) is 24.9. The van der Waals surface area contributed by atoms with Crippen LogP contribution in [0.3, 0.4) is 0 Å². The standard InChI is InChI=1S/C28H25BrN2O5/c29-25-10-9-17(13-30-25)28(36-16-26(32)33)12-19-11-18(28)14-31(19)27(34)35-15-24-22-7-3-1-5-20(22)21-6-2-4-8-23(21)24/h1-10,13,18-19,24H,11-12,14-16H2,(H,32,33). The van der Waals surface area contributed by atoms with Gasteiger partial charge in [-0.3, -0.25) is 0 Å². The van der Waals surface area contributed by atoms with E-state index in [1.165, 1.54) is 22.3 Å². The molecule has 3 aliphatic rings. The maximum absolute atomic E-state index is 13.2. The van der Waals surface area contributed by atoms with E-state index in [0.717, 1.165) is 12.0 Å². The Bertz CT molecular complexity index is 1280. The number of hydrogen-bond donors (Lipinski definition) is 1. The Morgan fingerprint density at radius 3 is 2.33 bits per heavy atom. The zero-order valence-electron chi connectivity index (χ0n) is 19.5. The summed E-state index contributed by atoms with van der Waals surface area (Å²) in [5.74, 6) is -1.05. The van der Waals surface area contributed by atoms with Crippen molar-refractivity contribution >= 4 is 28.0 Å². The summed E-state index contributed by atoms with van der Waals surface area (Å²) >= 11 is 3.35. The number of carbonyl (C=O) groups excluding carboxylic acids is 1.